The highest BCUT2D eigenvalue weighted by atomic mass is 16.2. The van der Waals surface area contributed by atoms with Crippen molar-refractivity contribution in [1.29, 1.82) is 0 Å². The quantitative estimate of drug-likeness (QED) is 0.859. The summed E-state index contributed by atoms with van der Waals surface area (Å²) in [4.78, 5) is 15.4. The van der Waals surface area contributed by atoms with Crippen molar-refractivity contribution in [3.63, 3.8) is 0 Å². The average molecular weight is 278 g/mol. The maximum absolute atomic E-state index is 13.1. The Bertz CT molecular complexity index is 407. The van der Waals surface area contributed by atoms with Gasteiger partial charge in [0.15, 0.2) is 0 Å². The molecular weight excluding hydrogens is 248 g/mol. The molecule has 1 N–H and O–H groups in total. The van der Waals surface area contributed by atoms with Crippen molar-refractivity contribution >= 4 is 5.91 Å². The van der Waals surface area contributed by atoms with Crippen molar-refractivity contribution in [2.45, 2.75) is 90.9 Å². The summed E-state index contributed by atoms with van der Waals surface area (Å²) in [6, 6.07) is 0.395. The van der Waals surface area contributed by atoms with Gasteiger partial charge in [-0.3, -0.25) is 10.1 Å². The second kappa shape index (κ2) is 4.22. The van der Waals surface area contributed by atoms with Gasteiger partial charge in [-0.05, 0) is 30.1 Å². The first kappa shape index (κ1) is 14.4. The average Bonchev–Trinajstić information content (AvgIpc) is 2.79. The Morgan fingerprint density at radius 2 is 1.70 bits per heavy atom. The van der Waals surface area contributed by atoms with Crippen LogP contribution in [0, 0.1) is 10.8 Å². The maximum atomic E-state index is 13.1. The first-order valence-corrected chi connectivity index (χ1v) is 8.38. The SMILES string of the molecule is CCCC1NC2(CCCC2)C(=O)N1C1C(C)(C)C1(C)C. The van der Waals surface area contributed by atoms with E-state index in [2.05, 4.69) is 44.8 Å². The first-order valence-electron chi connectivity index (χ1n) is 8.38. The van der Waals surface area contributed by atoms with Crippen LogP contribution in [0.25, 0.3) is 0 Å². The Labute approximate surface area is 123 Å². The molecule has 1 spiro atoms. The Morgan fingerprint density at radius 3 is 2.15 bits per heavy atom. The van der Waals surface area contributed by atoms with Crippen LogP contribution < -0.4 is 5.32 Å². The summed E-state index contributed by atoms with van der Waals surface area (Å²) in [5.41, 5.74) is 0.259. The van der Waals surface area contributed by atoms with Gasteiger partial charge < -0.3 is 4.90 Å². The lowest BCUT2D eigenvalue weighted by atomic mass is 9.98. The zero-order chi connectivity index (χ0) is 14.8. The van der Waals surface area contributed by atoms with Gasteiger partial charge in [-0.1, -0.05) is 53.9 Å². The van der Waals surface area contributed by atoms with E-state index < -0.39 is 0 Å². The molecular formula is C17H30N2O. The minimum Gasteiger partial charge on any atom is -0.321 e. The molecule has 1 atom stereocenters. The molecule has 1 amide bonds. The van der Waals surface area contributed by atoms with E-state index in [9.17, 15) is 4.79 Å². The lowest BCUT2D eigenvalue weighted by Crippen LogP contribution is -2.44. The molecule has 0 aromatic carbocycles. The largest absolute Gasteiger partial charge is 0.321 e. The van der Waals surface area contributed by atoms with Crippen molar-refractivity contribution in [3.8, 4) is 0 Å². The number of hydrogen-bond donors (Lipinski definition) is 1. The monoisotopic (exact) mass is 278 g/mol. The van der Waals surface area contributed by atoms with Crippen molar-refractivity contribution in [2.75, 3.05) is 0 Å². The fourth-order valence-corrected chi connectivity index (χ4v) is 4.81. The molecule has 0 radical (unpaired) electrons. The van der Waals surface area contributed by atoms with Gasteiger partial charge in [0, 0.05) is 6.04 Å². The number of nitrogens with zero attached hydrogens (tertiary/aromatic N) is 1. The van der Waals surface area contributed by atoms with Gasteiger partial charge in [-0.25, -0.2) is 0 Å². The van der Waals surface area contributed by atoms with E-state index in [1.807, 2.05) is 0 Å². The van der Waals surface area contributed by atoms with E-state index in [-0.39, 0.29) is 22.5 Å². The molecule has 2 aliphatic carbocycles. The Hall–Kier alpha value is -0.570. The van der Waals surface area contributed by atoms with Gasteiger partial charge in [0.1, 0.15) is 0 Å². The summed E-state index contributed by atoms with van der Waals surface area (Å²) in [7, 11) is 0. The maximum Gasteiger partial charge on any atom is 0.244 e. The molecule has 2 saturated carbocycles. The van der Waals surface area contributed by atoms with Crippen molar-refractivity contribution in [3.05, 3.63) is 0 Å². The number of hydrogen-bond acceptors (Lipinski definition) is 2. The van der Waals surface area contributed by atoms with Gasteiger partial charge >= 0.3 is 0 Å². The van der Waals surface area contributed by atoms with Crippen molar-refractivity contribution in [2.24, 2.45) is 10.8 Å². The number of carbonyl (C=O) groups is 1. The summed E-state index contributed by atoms with van der Waals surface area (Å²) in [5.74, 6) is 0.400. The third-order valence-electron chi connectivity index (χ3n) is 6.66. The highest BCUT2D eigenvalue weighted by Gasteiger charge is 2.71. The van der Waals surface area contributed by atoms with Crippen LogP contribution in [0.4, 0.5) is 0 Å². The minimum atomic E-state index is -0.214. The standard InChI is InChI=1S/C17H30N2O/c1-6-9-12-18-17(10-7-8-11-17)14(20)19(12)13-15(2,3)16(13,4)5/h12-13,18H,6-11H2,1-5H3. The van der Waals surface area contributed by atoms with Crippen molar-refractivity contribution in [1.82, 2.24) is 10.2 Å². The fourth-order valence-electron chi connectivity index (χ4n) is 4.81. The van der Waals surface area contributed by atoms with Crippen LogP contribution in [0.2, 0.25) is 0 Å². The summed E-state index contributed by atoms with van der Waals surface area (Å²) < 4.78 is 0. The van der Waals surface area contributed by atoms with Crippen molar-refractivity contribution < 1.29 is 4.79 Å². The highest BCUT2D eigenvalue weighted by molar-refractivity contribution is 5.90. The highest BCUT2D eigenvalue weighted by Crippen LogP contribution is 2.66. The van der Waals surface area contributed by atoms with Crippen LogP contribution in [0.15, 0.2) is 0 Å². The van der Waals surface area contributed by atoms with Crippen LogP contribution in [0.5, 0.6) is 0 Å². The van der Waals surface area contributed by atoms with Crippen LogP contribution in [-0.4, -0.2) is 28.6 Å². The van der Waals surface area contributed by atoms with Crippen LogP contribution in [0.3, 0.4) is 0 Å². The topological polar surface area (TPSA) is 32.3 Å². The third kappa shape index (κ3) is 1.65. The van der Waals surface area contributed by atoms with E-state index in [0.717, 1.165) is 25.7 Å². The smallest absolute Gasteiger partial charge is 0.244 e. The molecule has 3 heteroatoms. The van der Waals surface area contributed by atoms with E-state index in [0.29, 0.717) is 11.9 Å². The van der Waals surface area contributed by atoms with Gasteiger partial charge in [0.25, 0.3) is 0 Å². The molecule has 3 aliphatic rings. The van der Waals surface area contributed by atoms with Gasteiger partial charge in [0.05, 0.1) is 11.7 Å². The third-order valence-corrected chi connectivity index (χ3v) is 6.66. The molecule has 20 heavy (non-hydrogen) atoms. The molecule has 1 heterocycles. The van der Waals surface area contributed by atoms with E-state index in [4.69, 9.17) is 0 Å². The predicted molar refractivity (Wildman–Crippen MR) is 81.2 cm³/mol. The number of nitrogens with one attached hydrogen (secondary N) is 1. The molecule has 114 valence electrons. The lowest BCUT2D eigenvalue weighted by Gasteiger charge is -2.26. The Morgan fingerprint density at radius 1 is 1.15 bits per heavy atom. The van der Waals surface area contributed by atoms with Crippen LogP contribution in [0.1, 0.15) is 73.1 Å². The zero-order valence-corrected chi connectivity index (χ0v) is 13.8. The second-order valence-electron chi connectivity index (χ2n) is 8.30. The molecule has 3 rings (SSSR count). The summed E-state index contributed by atoms with van der Waals surface area (Å²) in [6.07, 6.45) is 6.94. The van der Waals surface area contributed by atoms with Gasteiger partial charge in [-0.2, -0.15) is 0 Å². The van der Waals surface area contributed by atoms with E-state index in [1.165, 1.54) is 12.8 Å². The lowest BCUT2D eigenvalue weighted by molar-refractivity contribution is -0.134. The predicted octanol–water partition coefficient (Wildman–Crippen LogP) is 3.29. The molecule has 0 aromatic heterocycles. The molecule has 3 fully saturated rings. The summed E-state index contributed by atoms with van der Waals surface area (Å²) in [6.45, 7) is 11.5. The van der Waals surface area contributed by atoms with Crippen LogP contribution in [-0.2, 0) is 4.79 Å². The van der Waals surface area contributed by atoms with E-state index >= 15 is 0 Å². The molecule has 1 aliphatic heterocycles. The molecule has 0 aromatic rings. The molecule has 1 saturated heterocycles. The van der Waals surface area contributed by atoms with Gasteiger partial charge in [0.2, 0.25) is 5.91 Å². The molecule has 0 bridgehead atoms. The Kier molecular flexibility index (Phi) is 3.03. The first-order chi connectivity index (χ1) is 9.28. The fraction of sp³-hybridized carbons (Fsp3) is 0.941. The number of carbonyl (C=O) groups excluding carboxylic acids is 1. The minimum absolute atomic E-state index is 0.214. The normalized spacial score (nSPS) is 34.1. The Balaban J connectivity index is 1.90. The van der Waals surface area contributed by atoms with Crippen LogP contribution >= 0.6 is 0 Å². The summed E-state index contributed by atoms with van der Waals surface area (Å²) >= 11 is 0. The number of amides is 1. The zero-order valence-electron chi connectivity index (χ0n) is 13.8. The summed E-state index contributed by atoms with van der Waals surface area (Å²) in [5, 5.41) is 3.74. The van der Waals surface area contributed by atoms with Gasteiger partial charge in [-0.15, -0.1) is 0 Å². The number of rotatable bonds is 3. The molecule has 1 unspecified atom stereocenters. The second-order valence-corrected chi connectivity index (χ2v) is 8.30. The van der Waals surface area contributed by atoms with E-state index in [1.54, 1.807) is 0 Å². The molecule has 3 nitrogen and oxygen atoms in total.